The Morgan fingerprint density at radius 1 is 1.12 bits per heavy atom. The Kier molecular flexibility index (Phi) is 7.10. The highest BCUT2D eigenvalue weighted by molar-refractivity contribution is 7.99. The topological polar surface area (TPSA) is 56.2 Å². The van der Waals surface area contributed by atoms with E-state index >= 15 is 0 Å². The summed E-state index contributed by atoms with van der Waals surface area (Å²) >= 11 is 1.77. The SMILES string of the molecule is CCSc1ccc(CC(=O)Nc2ccc(-n3ccnc3C)c(Oc3cccc(F)c3)c2)cc1. The summed E-state index contributed by atoms with van der Waals surface area (Å²) in [5, 5.41) is 2.93. The van der Waals surface area contributed by atoms with E-state index in [1.807, 2.05) is 54.1 Å². The van der Waals surface area contributed by atoms with Crippen LogP contribution >= 0.6 is 11.8 Å². The van der Waals surface area contributed by atoms with Crippen LogP contribution in [-0.4, -0.2) is 21.2 Å². The minimum Gasteiger partial charge on any atom is -0.455 e. The quantitative estimate of drug-likeness (QED) is 0.308. The fourth-order valence-electron chi connectivity index (χ4n) is 3.42. The van der Waals surface area contributed by atoms with Crippen LogP contribution in [0.1, 0.15) is 18.3 Å². The first-order valence-electron chi connectivity index (χ1n) is 10.6. The van der Waals surface area contributed by atoms with Crippen molar-refractivity contribution in [3.63, 3.8) is 0 Å². The molecule has 1 heterocycles. The van der Waals surface area contributed by atoms with Gasteiger partial charge in [0.1, 0.15) is 17.4 Å². The van der Waals surface area contributed by atoms with E-state index in [9.17, 15) is 9.18 Å². The number of rotatable bonds is 8. The molecule has 33 heavy (non-hydrogen) atoms. The maximum Gasteiger partial charge on any atom is 0.228 e. The first kappa shape index (κ1) is 22.6. The van der Waals surface area contributed by atoms with Crippen LogP contribution in [0, 0.1) is 12.7 Å². The Morgan fingerprint density at radius 3 is 2.64 bits per heavy atom. The number of carbonyl (C=O) groups excluding carboxylic acids is 1. The molecule has 4 aromatic rings. The zero-order valence-corrected chi connectivity index (χ0v) is 19.2. The van der Waals surface area contributed by atoms with Crippen molar-refractivity contribution >= 4 is 23.4 Å². The molecule has 0 aliphatic rings. The van der Waals surface area contributed by atoms with E-state index in [0.717, 1.165) is 22.8 Å². The molecule has 1 aromatic heterocycles. The number of hydrogen-bond acceptors (Lipinski definition) is 4. The maximum atomic E-state index is 13.7. The highest BCUT2D eigenvalue weighted by Crippen LogP contribution is 2.32. The number of hydrogen-bond donors (Lipinski definition) is 1. The first-order chi connectivity index (χ1) is 16.0. The van der Waals surface area contributed by atoms with Crippen molar-refractivity contribution in [1.29, 1.82) is 0 Å². The molecule has 0 aliphatic heterocycles. The van der Waals surface area contributed by atoms with Gasteiger partial charge in [0.05, 0.1) is 12.1 Å². The third-order valence-electron chi connectivity index (χ3n) is 4.95. The molecule has 0 spiro atoms. The molecule has 0 saturated carbocycles. The summed E-state index contributed by atoms with van der Waals surface area (Å²) in [6, 6.07) is 19.3. The Morgan fingerprint density at radius 2 is 1.94 bits per heavy atom. The standard InChI is InChI=1S/C26H24FN3O2S/c1-3-33-23-10-7-19(8-11-23)15-26(31)29-21-9-12-24(30-14-13-28-18(30)2)25(17-21)32-22-6-4-5-20(27)16-22/h4-14,16-17H,3,15H2,1-2H3,(H,29,31). The van der Waals surface area contributed by atoms with E-state index in [4.69, 9.17) is 4.74 Å². The van der Waals surface area contributed by atoms with E-state index in [-0.39, 0.29) is 18.1 Å². The molecule has 4 rings (SSSR count). The summed E-state index contributed by atoms with van der Waals surface area (Å²) < 4.78 is 21.6. The highest BCUT2D eigenvalue weighted by Gasteiger charge is 2.13. The van der Waals surface area contributed by atoms with Crippen molar-refractivity contribution in [3.8, 4) is 17.2 Å². The van der Waals surface area contributed by atoms with Crippen LogP contribution in [0.15, 0.2) is 84.0 Å². The third-order valence-corrected chi connectivity index (χ3v) is 5.85. The molecule has 0 radical (unpaired) electrons. The van der Waals surface area contributed by atoms with Gasteiger partial charge in [0.25, 0.3) is 0 Å². The Balaban J connectivity index is 1.55. The molecular weight excluding hydrogens is 437 g/mol. The highest BCUT2D eigenvalue weighted by atomic mass is 32.2. The lowest BCUT2D eigenvalue weighted by Gasteiger charge is -2.15. The number of imidazole rings is 1. The number of halogens is 1. The van der Waals surface area contributed by atoms with Crippen LogP contribution in [0.3, 0.4) is 0 Å². The lowest BCUT2D eigenvalue weighted by atomic mass is 10.1. The van der Waals surface area contributed by atoms with Crippen molar-refractivity contribution in [1.82, 2.24) is 9.55 Å². The molecule has 0 unspecified atom stereocenters. The number of aryl methyl sites for hydroxylation is 1. The first-order valence-corrected chi connectivity index (χ1v) is 11.6. The van der Waals surface area contributed by atoms with E-state index in [0.29, 0.717) is 17.2 Å². The molecule has 7 heteroatoms. The second-order valence-electron chi connectivity index (χ2n) is 7.39. The number of nitrogens with one attached hydrogen (secondary N) is 1. The molecule has 0 saturated heterocycles. The second kappa shape index (κ2) is 10.4. The average Bonchev–Trinajstić information content (AvgIpc) is 3.21. The van der Waals surface area contributed by atoms with Gasteiger partial charge in [-0.2, -0.15) is 0 Å². The molecule has 0 atom stereocenters. The summed E-state index contributed by atoms with van der Waals surface area (Å²) in [6.07, 6.45) is 3.78. The largest absolute Gasteiger partial charge is 0.455 e. The zero-order chi connectivity index (χ0) is 23.2. The van der Waals surface area contributed by atoms with Crippen molar-refractivity contribution in [3.05, 3.63) is 96.3 Å². The summed E-state index contributed by atoms with van der Waals surface area (Å²) in [7, 11) is 0. The van der Waals surface area contributed by atoms with Gasteiger partial charge in [-0.05, 0) is 54.6 Å². The van der Waals surface area contributed by atoms with Gasteiger partial charge >= 0.3 is 0 Å². The van der Waals surface area contributed by atoms with Gasteiger partial charge in [0.15, 0.2) is 5.75 Å². The van der Waals surface area contributed by atoms with Gasteiger partial charge in [-0.15, -0.1) is 11.8 Å². The molecule has 1 N–H and O–H groups in total. The predicted molar refractivity (Wildman–Crippen MR) is 130 cm³/mol. The Hall–Kier alpha value is -3.58. The molecule has 5 nitrogen and oxygen atoms in total. The molecule has 3 aromatic carbocycles. The molecule has 0 aliphatic carbocycles. The minimum absolute atomic E-state index is 0.130. The number of amides is 1. The molecule has 0 fully saturated rings. The van der Waals surface area contributed by atoms with Crippen molar-refractivity contribution in [2.24, 2.45) is 0 Å². The van der Waals surface area contributed by atoms with E-state index < -0.39 is 0 Å². The van der Waals surface area contributed by atoms with Crippen molar-refractivity contribution < 1.29 is 13.9 Å². The number of ether oxygens (including phenoxy) is 1. The summed E-state index contributed by atoms with van der Waals surface area (Å²) in [6.45, 7) is 3.99. The maximum absolute atomic E-state index is 13.7. The summed E-state index contributed by atoms with van der Waals surface area (Å²) in [5.41, 5.74) is 2.26. The van der Waals surface area contributed by atoms with Gasteiger partial charge in [-0.25, -0.2) is 9.37 Å². The van der Waals surface area contributed by atoms with Crippen molar-refractivity contribution in [2.75, 3.05) is 11.1 Å². The zero-order valence-electron chi connectivity index (χ0n) is 18.4. The van der Waals surface area contributed by atoms with Gasteiger partial charge < -0.3 is 14.6 Å². The molecule has 168 valence electrons. The van der Waals surface area contributed by atoms with Crippen LogP contribution in [0.4, 0.5) is 10.1 Å². The van der Waals surface area contributed by atoms with Crippen LogP contribution in [0.5, 0.6) is 11.5 Å². The van der Waals surface area contributed by atoms with Crippen LogP contribution in [0.25, 0.3) is 5.69 Å². The number of benzene rings is 3. The Labute approximate surface area is 196 Å². The van der Waals surface area contributed by atoms with E-state index in [1.54, 1.807) is 36.2 Å². The van der Waals surface area contributed by atoms with Crippen molar-refractivity contribution in [2.45, 2.75) is 25.2 Å². The predicted octanol–water partition coefficient (Wildman–Crippen LogP) is 6.41. The van der Waals surface area contributed by atoms with Gasteiger partial charge in [-0.1, -0.05) is 25.1 Å². The normalized spacial score (nSPS) is 10.8. The number of thioether (sulfide) groups is 1. The van der Waals surface area contributed by atoms with E-state index in [1.165, 1.54) is 17.0 Å². The fraction of sp³-hybridized carbons (Fsp3) is 0.154. The van der Waals surface area contributed by atoms with E-state index in [2.05, 4.69) is 17.2 Å². The number of carbonyl (C=O) groups is 1. The molecular formula is C26H24FN3O2S. The summed E-state index contributed by atoms with van der Waals surface area (Å²) in [4.78, 5) is 18.1. The summed E-state index contributed by atoms with van der Waals surface area (Å²) in [5.74, 6) is 2.10. The third kappa shape index (κ3) is 5.81. The van der Waals surface area contributed by atoms with Crippen LogP contribution < -0.4 is 10.1 Å². The monoisotopic (exact) mass is 461 g/mol. The lowest BCUT2D eigenvalue weighted by molar-refractivity contribution is -0.115. The van der Waals surface area contributed by atoms with Gasteiger partial charge in [-0.3, -0.25) is 4.79 Å². The average molecular weight is 462 g/mol. The van der Waals surface area contributed by atoms with Crippen LogP contribution in [-0.2, 0) is 11.2 Å². The Bertz CT molecular complexity index is 1250. The number of anilines is 1. The lowest BCUT2D eigenvalue weighted by Crippen LogP contribution is -2.14. The smallest absolute Gasteiger partial charge is 0.228 e. The van der Waals surface area contributed by atoms with Gasteiger partial charge in [0, 0.05) is 35.1 Å². The number of nitrogens with zero attached hydrogens (tertiary/aromatic N) is 2. The minimum atomic E-state index is -0.388. The molecule has 0 bridgehead atoms. The number of aromatic nitrogens is 2. The second-order valence-corrected chi connectivity index (χ2v) is 8.73. The van der Waals surface area contributed by atoms with Crippen LogP contribution in [0.2, 0.25) is 0 Å². The van der Waals surface area contributed by atoms with Gasteiger partial charge in [0.2, 0.25) is 5.91 Å². The molecule has 1 amide bonds. The fourth-order valence-corrected chi connectivity index (χ4v) is 4.09.